The van der Waals surface area contributed by atoms with Crippen LogP contribution in [-0.4, -0.2) is 24.7 Å². The van der Waals surface area contributed by atoms with Crippen LogP contribution in [0.25, 0.3) is 0 Å². The summed E-state index contributed by atoms with van der Waals surface area (Å²) < 4.78 is 40.6. The monoisotopic (exact) mass is 378 g/mol. The second-order valence-corrected chi connectivity index (χ2v) is 6.12. The van der Waals surface area contributed by atoms with Gasteiger partial charge in [0.1, 0.15) is 5.75 Å². The quantitative estimate of drug-likeness (QED) is 0.859. The summed E-state index contributed by atoms with van der Waals surface area (Å²) in [7, 11) is 0. The molecule has 0 bridgehead atoms. The summed E-state index contributed by atoms with van der Waals surface area (Å²) in [6.07, 6.45) is -3.36. The first-order valence-electron chi connectivity index (χ1n) is 8.35. The van der Waals surface area contributed by atoms with E-state index in [9.17, 15) is 22.8 Å². The Hall–Kier alpha value is -3.03. The molecule has 0 unspecified atom stereocenters. The SMILES string of the molecule is O=C(Cc1ccc(N2CCCC2=O)cc1)Nc1cccc(OC(F)(F)F)c1. The molecule has 3 rings (SSSR count). The normalized spacial score (nSPS) is 14.3. The van der Waals surface area contributed by atoms with Gasteiger partial charge in [-0.25, -0.2) is 0 Å². The van der Waals surface area contributed by atoms with Crippen molar-refractivity contribution in [2.24, 2.45) is 0 Å². The van der Waals surface area contributed by atoms with Gasteiger partial charge in [0.15, 0.2) is 0 Å². The summed E-state index contributed by atoms with van der Waals surface area (Å²) in [5.74, 6) is -0.689. The van der Waals surface area contributed by atoms with Crippen LogP contribution in [0.5, 0.6) is 5.75 Å². The number of nitrogens with zero attached hydrogens (tertiary/aromatic N) is 1. The number of nitrogens with one attached hydrogen (secondary N) is 1. The lowest BCUT2D eigenvalue weighted by atomic mass is 10.1. The zero-order valence-corrected chi connectivity index (χ0v) is 14.3. The first-order chi connectivity index (χ1) is 12.8. The van der Waals surface area contributed by atoms with Crippen molar-refractivity contribution in [2.45, 2.75) is 25.6 Å². The van der Waals surface area contributed by atoms with E-state index < -0.39 is 12.1 Å². The summed E-state index contributed by atoms with van der Waals surface area (Å²) in [5, 5.41) is 2.54. The zero-order valence-electron chi connectivity index (χ0n) is 14.3. The molecular formula is C19H17F3N2O3. The molecule has 1 aliphatic heterocycles. The maximum absolute atomic E-state index is 12.3. The van der Waals surface area contributed by atoms with E-state index in [-0.39, 0.29) is 23.9 Å². The molecular weight excluding hydrogens is 361 g/mol. The fraction of sp³-hybridized carbons (Fsp3) is 0.263. The van der Waals surface area contributed by atoms with Crippen molar-refractivity contribution in [3.63, 3.8) is 0 Å². The van der Waals surface area contributed by atoms with Gasteiger partial charge in [-0.1, -0.05) is 18.2 Å². The standard InChI is InChI=1S/C19H17F3N2O3/c20-19(21,22)27-16-4-1-3-14(12-16)23-17(25)11-13-6-8-15(9-7-13)24-10-2-5-18(24)26/h1,3-4,6-9,12H,2,5,10-11H2,(H,23,25). The van der Waals surface area contributed by atoms with E-state index in [2.05, 4.69) is 10.1 Å². The molecule has 0 radical (unpaired) electrons. The molecule has 0 atom stereocenters. The lowest BCUT2D eigenvalue weighted by Crippen LogP contribution is -2.23. The molecule has 27 heavy (non-hydrogen) atoms. The van der Waals surface area contributed by atoms with Gasteiger partial charge in [-0.05, 0) is 36.2 Å². The molecule has 0 saturated carbocycles. The van der Waals surface area contributed by atoms with Crippen molar-refractivity contribution < 1.29 is 27.5 Å². The van der Waals surface area contributed by atoms with Crippen LogP contribution in [0.1, 0.15) is 18.4 Å². The Kier molecular flexibility index (Phi) is 5.34. The molecule has 0 aliphatic carbocycles. The van der Waals surface area contributed by atoms with Gasteiger partial charge in [0, 0.05) is 30.4 Å². The van der Waals surface area contributed by atoms with Gasteiger partial charge in [-0.3, -0.25) is 9.59 Å². The summed E-state index contributed by atoms with van der Waals surface area (Å²) in [5.41, 5.74) is 1.73. The zero-order chi connectivity index (χ0) is 19.4. The number of halogens is 3. The van der Waals surface area contributed by atoms with Crippen molar-refractivity contribution in [3.8, 4) is 5.75 Å². The van der Waals surface area contributed by atoms with E-state index in [1.165, 1.54) is 12.1 Å². The predicted molar refractivity (Wildman–Crippen MR) is 93.5 cm³/mol. The van der Waals surface area contributed by atoms with Crippen LogP contribution in [0.3, 0.4) is 0 Å². The molecule has 1 saturated heterocycles. The van der Waals surface area contributed by atoms with Gasteiger partial charge in [0.25, 0.3) is 0 Å². The fourth-order valence-electron chi connectivity index (χ4n) is 2.88. The lowest BCUT2D eigenvalue weighted by molar-refractivity contribution is -0.274. The minimum atomic E-state index is -4.79. The van der Waals surface area contributed by atoms with Gasteiger partial charge in [0.05, 0.1) is 6.42 Å². The third-order valence-electron chi connectivity index (χ3n) is 4.04. The molecule has 2 amide bonds. The van der Waals surface area contributed by atoms with Crippen molar-refractivity contribution in [1.82, 2.24) is 0 Å². The molecule has 1 heterocycles. The number of benzene rings is 2. The van der Waals surface area contributed by atoms with Crippen molar-refractivity contribution in [3.05, 3.63) is 54.1 Å². The van der Waals surface area contributed by atoms with E-state index in [4.69, 9.17) is 0 Å². The van der Waals surface area contributed by atoms with Gasteiger partial charge in [-0.2, -0.15) is 0 Å². The van der Waals surface area contributed by atoms with E-state index in [1.54, 1.807) is 29.2 Å². The highest BCUT2D eigenvalue weighted by Crippen LogP contribution is 2.25. The number of carbonyl (C=O) groups excluding carboxylic acids is 2. The highest BCUT2D eigenvalue weighted by molar-refractivity contribution is 5.95. The molecule has 5 nitrogen and oxygen atoms in total. The Morgan fingerprint density at radius 1 is 1.15 bits per heavy atom. The molecule has 2 aromatic rings. The number of carbonyl (C=O) groups is 2. The Labute approximate surface area is 153 Å². The highest BCUT2D eigenvalue weighted by atomic mass is 19.4. The van der Waals surface area contributed by atoms with Crippen molar-refractivity contribution in [2.75, 3.05) is 16.8 Å². The van der Waals surface area contributed by atoms with Gasteiger partial charge in [-0.15, -0.1) is 13.2 Å². The minimum Gasteiger partial charge on any atom is -0.406 e. The Balaban J connectivity index is 1.59. The molecule has 0 spiro atoms. The number of hydrogen-bond acceptors (Lipinski definition) is 3. The molecule has 1 N–H and O–H groups in total. The summed E-state index contributed by atoms with van der Waals surface area (Å²) in [4.78, 5) is 25.6. The lowest BCUT2D eigenvalue weighted by Gasteiger charge is -2.16. The summed E-state index contributed by atoms with van der Waals surface area (Å²) >= 11 is 0. The molecule has 8 heteroatoms. The summed E-state index contributed by atoms with van der Waals surface area (Å²) in [6.45, 7) is 0.689. The number of alkyl halides is 3. The molecule has 1 aliphatic rings. The maximum Gasteiger partial charge on any atom is 0.573 e. The van der Waals surface area contributed by atoms with E-state index in [0.717, 1.165) is 29.8 Å². The first-order valence-corrected chi connectivity index (χ1v) is 8.35. The smallest absolute Gasteiger partial charge is 0.406 e. The number of anilines is 2. The van der Waals surface area contributed by atoms with Crippen molar-refractivity contribution >= 4 is 23.2 Å². The van der Waals surface area contributed by atoms with Crippen LogP contribution < -0.4 is 15.0 Å². The Morgan fingerprint density at radius 3 is 2.52 bits per heavy atom. The molecule has 1 fully saturated rings. The largest absolute Gasteiger partial charge is 0.573 e. The molecule has 0 aromatic heterocycles. The van der Waals surface area contributed by atoms with Crippen LogP contribution in [0.4, 0.5) is 24.5 Å². The second-order valence-electron chi connectivity index (χ2n) is 6.12. The third kappa shape index (κ3) is 5.22. The highest BCUT2D eigenvalue weighted by Gasteiger charge is 2.31. The van der Waals surface area contributed by atoms with Crippen LogP contribution in [-0.2, 0) is 16.0 Å². The number of ether oxygens (including phenoxy) is 1. The first kappa shape index (κ1) is 18.8. The molecule has 2 aromatic carbocycles. The fourth-order valence-corrected chi connectivity index (χ4v) is 2.88. The topological polar surface area (TPSA) is 58.6 Å². The third-order valence-corrected chi connectivity index (χ3v) is 4.04. The molecule has 142 valence electrons. The number of hydrogen-bond donors (Lipinski definition) is 1. The number of amides is 2. The van der Waals surface area contributed by atoms with Gasteiger partial charge in [0.2, 0.25) is 11.8 Å². The van der Waals surface area contributed by atoms with E-state index >= 15 is 0 Å². The average Bonchev–Trinajstić information content (AvgIpc) is 3.00. The van der Waals surface area contributed by atoms with Crippen LogP contribution in [0.2, 0.25) is 0 Å². The average molecular weight is 378 g/mol. The van der Waals surface area contributed by atoms with Crippen LogP contribution in [0, 0.1) is 0 Å². The minimum absolute atomic E-state index is 0.0541. The van der Waals surface area contributed by atoms with E-state index in [1.807, 2.05) is 0 Å². The van der Waals surface area contributed by atoms with Gasteiger partial charge < -0.3 is 15.0 Å². The van der Waals surface area contributed by atoms with Gasteiger partial charge >= 0.3 is 6.36 Å². The number of rotatable bonds is 5. The predicted octanol–water partition coefficient (Wildman–Crippen LogP) is 3.89. The van der Waals surface area contributed by atoms with Crippen LogP contribution >= 0.6 is 0 Å². The summed E-state index contributed by atoms with van der Waals surface area (Å²) in [6, 6.07) is 12.2. The maximum atomic E-state index is 12.3. The van der Waals surface area contributed by atoms with Crippen LogP contribution in [0.15, 0.2) is 48.5 Å². The van der Waals surface area contributed by atoms with E-state index in [0.29, 0.717) is 13.0 Å². The Morgan fingerprint density at radius 2 is 1.89 bits per heavy atom. The second kappa shape index (κ2) is 7.69. The van der Waals surface area contributed by atoms with Crippen molar-refractivity contribution in [1.29, 1.82) is 0 Å². The Bertz CT molecular complexity index is 835.